The van der Waals surface area contributed by atoms with Crippen molar-refractivity contribution in [2.75, 3.05) is 39.4 Å². The molecule has 0 spiro atoms. The SMILES string of the molecule is O=C(CC1CCNCC1Cc1cc(CN2CCOCC2)on1)NCc1ccccc1. The molecule has 1 aromatic heterocycles. The van der Waals surface area contributed by atoms with Crippen molar-refractivity contribution in [3.8, 4) is 0 Å². The Morgan fingerprint density at radius 3 is 2.87 bits per heavy atom. The Hall–Kier alpha value is -2.22. The van der Waals surface area contributed by atoms with E-state index in [9.17, 15) is 4.79 Å². The lowest BCUT2D eigenvalue weighted by molar-refractivity contribution is -0.122. The van der Waals surface area contributed by atoms with Crippen LogP contribution in [-0.4, -0.2) is 55.4 Å². The minimum absolute atomic E-state index is 0.129. The molecule has 30 heavy (non-hydrogen) atoms. The average Bonchev–Trinajstić information content (AvgIpc) is 3.22. The van der Waals surface area contributed by atoms with Crippen LogP contribution in [0.15, 0.2) is 40.9 Å². The van der Waals surface area contributed by atoms with Gasteiger partial charge < -0.3 is 19.9 Å². The van der Waals surface area contributed by atoms with Crippen molar-refractivity contribution >= 4 is 5.91 Å². The maximum Gasteiger partial charge on any atom is 0.220 e. The van der Waals surface area contributed by atoms with Crippen molar-refractivity contribution in [1.82, 2.24) is 20.7 Å². The monoisotopic (exact) mass is 412 g/mol. The highest BCUT2D eigenvalue weighted by Crippen LogP contribution is 2.26. The van der Waals surface area contributed by atoms with Crippen LogP contribution in [0, 0.1) is 11.8 Å². The molecule has 2 aliphatic rings. The first-order valence-corrected chi connectivity index (χ1v) is 11.0. The predicted octanol–water partition coefficient (Wildman–Crippen LogP) is 1.98. The molecule has 2 aliphatic heterocycles. The van der Waals surface area contributed by atoms with Crippen molar-refractivity contribution in [2.45, 2.75) is 32.4 Å². The number of hydrogen-bond acceptors (Lipinski definition) is 6. The van der Waals surface area contributed by atoms with E-state index in [0.717, 1.165) is 75.8 Å². The van der Waals surface area contributed by atoms with E-state index in [1.54, 1.807) is 0 Å². The van der Waals surface area contributed by atoms with E-state index in [1.807, 2.05) is 30.3 Å². The summed E-state index contributed by atoms with van der Waals surface area (Å²) in [6, 6.07) is 12.1. The van der Waals surface area contributed by atoms with Gasteiger partial charge >= 0.3 is 0 Å². The molecule has 2 fully saturated rings. The summed E-state index contributed by atoms with van der Waals surface area (Å²) < 4.78 is 11.0. The second kappa shape index (κ2) is 10.7. The van der Waals surface area contributed by atoms with Gasteiger partial charge in [0.25, 0.3) is 0 Å². The molecule has 4 rings (SSSR count). The second-order valence-corrected chi connectivity index (χ2v) is 8.36. The molecule has 2 unspecified atom stereocenters. The Morgan fingerprint density at radius 2 is 2.03 bits per heavy atom. The van der Waals surface area contributed by atoms with Crippen LogP contribution in [0.25, 0.3) is 0 Å². The average molecular weight is 413 g/mol. The number of hydrogen-bond donors (Lipinski definition) is 2. The third kappa shape index (κ3) is 6.14. The Labute approximate surface area is 178 Å². The maximum absolute atomic E-state index is 12.5. The van der Waals surface area contributed by atoms with E-state index in [1.165, 1.54) is 0 Å². The minimum Gasteiger partial charge on any atom is -0.379 e. The molecule has 162 valence electrons. The van der Waals surface area contributed by atoms with Crippen LogP contribution in [0.3, 0.4) is 0 Å². The van der Waals surface area contributed by atoms with Crippen LogP contribution in [0.4, 0.5) is 0 Å². The molecular formula is C23H32N4O3. The molecule has 1 amide bonds. The van der Waals surface area contributed by atoms with E-state index in [0.29, 0.717) is 24.8 Å². The largest absolute Gasteiger partial charge is 0.379 e. The molecule has 3 heterocycles. The molecule has 0 saturated carbocycles. The van der Waals surface area contributed by atoms with Gasteiger partial charge in [-0.1, -0.05) is 35.5 Å². The number of piperidine rings is 1. The fraction of sp³-hybridized carbons (Fsp3) is 0.565. The summed E-state index contributed by atoms with van der Waals surface area (Å²) in [5.74, 6) is 1.79. The first-order chi connectivity index (χ1) is 14.8. The molecule has 7 heteroatoms. The van der Waals surface area contributed by atoms with Crippen LogP contribution in [0.2, 0.25) is 0 Å². The summed E-state index contributed by atoms with van der Waals surface area (Å²) in [6.45, 7) is 6.68. The summed E-state index contributed by atoms with van der Waals surface area (Å²) in [4.78, 5) is 14.9. The third-order valence-corrected chi connectivity index (χ3v) is 6.11. The fourth-order valence-corrected chi connectivity index (χ4v) is 4.37. The van der Waals surface area contributed by atoms with Crippen LogP contribution < -0.4 is 10.6 Å². The number of ether oxygens (including phenoxy) is 1. The number of benzene rings is 1. The molecule has 0 radical (unpaired) electrons. The number of rotatable bonds is 8. The number of nitrogens with zero attached hydrogens (tertiary/aromatic N) is 2. The summed E-state index contributed by atoms with van der Waals surface area (Å²) in [5, 5.41) is 10.9. The number of aromatic nitrogens is 1. The van der Waals surface area contributed by atoms with Crippen molar-refractivity contribution in [3.05, 3.63) is 53.4 Å². The van der Waals surface area contributed by atoms with Crippen molar-refractivity contribution in [3.63, 3.8) is 0 Å². The first-order valence-electron chi connectivity index (χ1n) is 11.0. The van der Waals surface area contributed by atoms with Crippen molar-refractivity contribution < 1.29 is 14.1 Å². The zero-order valence-electron chi connectivity index (χ0n) is 17.5. The van der Waals surface area contributed by atoms with Gasteiger partial charge in [-0.25, -0.2) is 0 Å². The lowest BCUT2D eigenvalue weighted by Gasteiger charge is -2.31. The van der Waals surface area contributed by atoms with Crippen LogP contribution in [0.1, 0.15) is 29.9 Å². The van der Waals surface area contributed by atoms with Crippen LogP contribution in [0.5, 0.6) is 0 Å². The highest BCUT2D eigenvalue weighted by atomic mass is 16.5. The van der Waals surface area contributed by atoms with Crippen LogP contribution in [-0.2, 0) is 29.0 Å². The number of amides is 1. The first kappa shape index (κ1) is 21.0. The van der Waals surface area contributed by atoms with Gasteiger partial charge in [0.1, 0.15) is 0 Å². The topological polar surface area (TPSA) is 79.6 Å². The summed E-state index contributed by atoms with van der Waals surface area (Å²) in [5.41, 5.74) is 2.12. The molecule has 7 nitrogen and oxygen atoms in total. The van der Waals surface area contributed by atoms with Crippen LogP contribution >= 0.6 is 0 Å². The summed E-state index contributed by atoms with van der Waals surface area (Å²) in [6.07, 6.45) is 2.43. The molecule has 2 aromatic rings. The summed E-state index contributed by atoms with van der Waals surface area (Å²) in [7, 11) is 0. The molecule has 1 aromatic carbocycles. The molecule has 2 atom stereocenters. The number of nitrogens with one attached hydrogen (secondary N) is 2. The standard InChI is InChI=1S/C23H32N4O3/c28-23(25-15-18-4-2-1-3-5-18)13-19-6-7-24-16-20(19)12-21-14-22(30-26-21)17-27-8-10-29-11-9-27/h1-5,14,19-20,24H,6-13,15-17H2,(H,25,28). The third-order valence-electron chi connectivity index (χ3n) is 6.11. The number of carbonyl (C=O) groups is 1. The zero-order valence-corrected chi connectivity index (χ0v) is 17.5. The molecule has 0 bridgehead atoms. The fourth-order valence-electron chi connectivity index (χ4n) is 4.37. The highest BCUT2D eigenvalue weighted by molar-refractivity contribution is 5.76. The van der Waals surface area contributed by atoms with Gasteiger partial charge in [-0.3, -0.25) is 9.69 Å². The molecular weight excluding hydrogens is 380 g/mol. The van der Waals surface area contributed by atoms with Crippen molar-refractivity contribution in [1.29, 1.82) is 0 Å². The smallest absolute Gasteiger partial charge is 0.220 e. The zero-order chi connectivity index (χ0) is 20.6. The van der Waals surface area contributed by atoms with Gasteiger partial charge in [0.05, 0.1) is 25.5 Å². The minimum atomic E-state index is 0.129. The van der Waals surface area contributed by atoms with Crippen molar-refractivity contribution in [2.24, 2.45) is 11.8 Å². The lowest BCUT2D eigenvalue weighted by Crippen LogP contribution is -2.40. The number of morpholine rings is 1. The van der Waals surface area contributed by atoms with Gasteiger partial charge in [0.15, 0.2) is 5.76 Å². The predicted molar refractivity (Wildman–Crippen MR) is 114 cm³/mol. The quantitative estimate of drug-likeness (QED) is 0.690. The molecule has 0 aliphatic carbocycles. The van der Waals surface area contributed by atoms with Gasteiger partial charge in [0.2, 0.25) is 5.91 Å². The van der Waals surface area contributed by atoms with E-state index in [4.69, 9.17) is 9.26 Å². The van der Waals surface area contributed by atoms with Gasteiger partial charge in [-0.2, -0.15) is 0 Å². The van der Waals surface area contributed by atoms with Gasteiger partial charge in [-0.05, 0) is 43.3 Å². The van der Waals surface area contributed by atoms with Gasteiger partial charge in [-0.15, -0.1) is 0 Å². The second-order valence-electron chi connectivity index (χ2n) is 8.36. The number of carbonyl (C=O) groups excluding carboxylic acids is 1. The Balaban J connectivity index is 1.27. The van der Waals surface area contributed by atoms with E-state index in [2.05, 4.69) is 26.8 Å². The maximum atomic E-state index is 12.5. The lowest BCUT2D eigenvalue weighted by atomic mass is 9.81. The molecule has 2 N–H and O–H groups in total. The van der Waals surface area contributed by atoms with E-state index in [-0.39, 0.29) is 5.91 Å². The van der Waals surface area contributed by atoms with Gasteiger partial charge in [0, 0.05) is 32.1 Å². The Morgan fingerprint density at radius 1 is 1.20 bits per heavy atom. The normalized spacial score (nSPS) is 22.7. The summed E-state index contributed by atoms with van der Waals surface area (Å²) >= 11 is 0. The van der Waals surface area contributed by atoms with E-state index < -0.39 is 0 Å². The Kier molecular flexibility index (Phi) is 7.50. The highest BCUT2D eigenvalue weighted by Gasteiger charge is 2.28. The molecule has 2 saturated heterocycles. The van der Waals surface area contributed by atoms with E-state index >= 15 is 0 Å². The Bertz CT molecular complexity index is 789.